The molecule has 2 rings (SSSR count). The number of hydrogen-bond donors (Lipinski definition) is 3. The van der Waals surface area contributed by atoms with Gasteiger partial charge in [-0.3, -0.25) is 9.59 Å². The van der Waals surface area contributed by atoms with Crippen LogP contribution >= 0.6 is 0 Å². The minimum absolute atomic E-state index is 0.0621. The number of aliphatic hydroxyl groups excluding tert-OH is 1. The third-order valence-electron chi connectivity index (χ3n) is 4.58. The molecule has 6 nitrogen and oxygen atoms in total. The van der Waals surface area contributed by atoms with Gasteiger partial charge >= 0.3 is 5.97 Å². The lowest BCUT2D eigenvalue weighted by atomic mass is 10.1. The summed E-state index contributed by atoms with van der Waals surface area (Å²) in [4.78, 5) is 23.3. The molecule has 30 heavy (non-hydrogen) atoms. The summed E-state index contributed by atoms with van der Waals surface area (Å²) in [5, 5.41) is 18.7. The number of aliphatic carboxylic acids is 1. The number of carbonyl (C=O) groups excluding carboxylic acids is 1. The van der Waals surface area contributed by atoms with Crippen LogP contribution in [0.1, 0.15) is 43.9 Å². The Bertz CT molecular complexity index is 799. The Hall–Kier alpha value is -2.86. The third kappa shape index (κ3) is 8.66. The van der Waals surface area contributed by atoms with E-state index < -0.39 is 11.6 Å². The minimum atomic E-state index is -1.03. The fraction of sp³-hybridized carbons (Fsp3) is 0.417. The van der Waals surface area contributed by atoms with Crippen LogP contribution in [-0.4, -0.2) is 41.3 Å². The normalized spacial score (nSPS) is 10.6. The zero-order valence-corrected chi connectivity index (χ0v) is 18.3. The first kappa shape index (κ1) is 25.2. The number of benzene rings is 2. The van der Waals surface area contributed by atoms with E-state index in [1.165, 1.54) is 11.1 Å². The minimum Gasteiger partial charge on any atom is -0.481 e. The number of aliphatic hydroxyl groups is 1. The number of ether oxygens (including phenoxy) is 1. The van der Waals surface area contributed by atoms with E-state index in [9.17, 15) is 9.59 Å². The fourth-order valence-corrected chi connectivity index (χ4v) is 2.83. The number of nitrogens with one attached hydrogen (secondary N) is 1. The first-order valence-electron chi connectivity index (χ1n) is 10.1. The molecular weight excluding hydrogens is 382 g/mol. The molecule has 0 aliphatic carbocycles. The van der Waals surface area contributed by atoms with Crippen LogP contribution in [0, 0.1) is 0 Å². The summed E-state index contributed by atoms with van der Waals surface area (Å²) in [5.41, 5.74) is 2.32. The van der Waals surface area contributed by atoms with Crippen LogP contribution in [0.2, 0.25) is 0 Å². The van der Waals surface area contributed by atoms with Crippen molar-refractivity contribution in [2.24, 2.45) is 0 Å². The van der Waals surface area contributed by atoms with Gasteiger partial charge in [-0.1, -0.05) is 43.3 Å². The Morgan fingerprint density at radius 1 is 0.967 bits per heavy atom. The summed E-state index contributed by atoms with van der Waals surface area (Å²) >= 11 is 0. The molecule has 6 heteroatoms. The van der Waals surface area contributed by atoms with Gasteiger partial charge < -0.3 is 20.3 Å². The molecule has 164 valence electrons. The molecule has 0 bridgehead atoms. The van der Waals surface area contributed by atoms with Crippen LogP contribution in [0.5, 0.6) is 5.75 Å². The predicted octanol–water partition coefficient (Wildman–Crippen LogP) is 3.39. The third-order valence-corrected chi connectivity index (χ3v) is 4.58. The summed E-state index contributed by atoms with van der Waals surface area (Å²) in [6.45, 7) is 6.11. The largest absolute Gasteiger partial charge is 0.481 e. The van der Waals surface area contributed by atoms with E-state index >= 15 is 0 Å². The van der Waals surface area contributed by atoms with Crippen molar-refractivity contribution in [1.82, 2.24) is 5.32 Å². The van der Waals surface area contributed by atoms with E-state index in [1.54, 1.807) is 32.0 Å². The number of carboxylic acid groups (broad SMARTS) is 1. The second-order valence-corrected chi connectivity index (χ2v) is 7.33. The Morgan fingerprint density at radius 2 is 1.60 bits per heavy atom. The second-order valence-electron chi connectivity index (χ2n) is 7.33. The molecule has 0 spiro atoms. The SMILES string of the molecule is CCc1ccc(CCNC(=O)C(C)(C)Oc2cccc(CCC(=O)O)c2)cc1.CO. The van der Waals surface area contributed by atoms with Gasteiger partial charge in [-0.15, -0.1) is 0 Å². The molecule has 0 aromatic heterocycles. The highest BCUT2D eigenvalue weighted by molar-refractivity contribution is 5.84. The maximum atomic E-state index is 12.5. The van der Waals surface area contributed by atoms with E-state index in [0.29, 0.717) is 18.7 Å². The Balaban J connectivity index is 0.00000218. The fourth-order valence-electron chi connectivity index (χ4n) is 2.83. The highest BCUT2D eigenvalue weighted by Gasteiger charge is 2.29. The highest BCUT2D eigenvalue weighted by atomic mass is 16.5. The van der Waals surface area contributed by atoms with Crippen molar-refractivity contribution in [3.63, 3.8) is 0 Å². The smallest absolute Gasteiger partial charge is 0.303 e. The molecule has 1 amide bonds. The number of carbonyl (C=O) groups is 2. The van der Waals surface area contributed by atoms with Crippen LogP contribution < -0.4 is 10.1 Å². The van der Waals surface area contributed by atoms with E-state index in [4.69, 9.17) is 14.9 Å². The summed E-state index contributed by atoms with van der Waals surface area (Å²) in [7, 11) is 1.00. The molecule has 0 radical (unpaired) electrons. The zero-order chi connectivity index (χ0) is 22.6. The summed E-state index contributed by atoms with van der Waals surface area (Å²) < 4.78 is 5.88. The Morgan fingerprint density at radius 3 is 2.20 bits per heavy atom. The van der Waals surface area contributed by atoms with Crippen LogP contribution in [-0.2, 0) is 28.9 Å². The second kappa shape index (κ2) is 12.6. The first-order chi connectivity index (χ1) is 14.3. The van der Waals surface area contributed by atoms with Crippen molar-refractivity contribution in [1.29, 1.82) is 0 Å². The summed E-state index contributed by atoms with van der Waals surface area (Å²) in [5.74, 6) is -0.470. The van der Waals surface area contributed by atoms with Gasteiger partial charge in [0.25, 0.3) is 5.91 Å². The molecule has 0 saturated heterocycles. The molecule has 0 aliphatic heterocycles. The molecule has 0 atom stereocenters. The van der Waals surface area contributed by atoms with Gasteiger partial charge in [-0.25, -0.2) is 0 Å². The maximum Gasteiger partial charge on any atom is 0.303 e. The van der Waals surface area contributed by atoms with E-state index in [2.05, 4.69) is 36.5 Å². The average Bonchev–Trinajstić information content (AvgIpc) is 2.74. The Kier molecular flexibility index (Phi) is 10.6. The molecular formula is C24H33NO5. The van der Waals surface area contributed by atoms with Crippen molar-refractivity contribution in [2.45, 2.75) is 52.1 Å². The number of hydrogen-bond acceptors (Lipinski definition) is 4. The maximum absolute atomic E-state index is 12.5. The van der Waals surface area contributed by atoms with Crippen LogP contribution in [0.3, 0.4) is 0 Å². The number of carboxylic acids is 1. The van der Waals surface area contributed by atoms with Crippen molar-refractivity contribution < 1.29 is 24.5 Å². The van der Waals surface area contributed by atoms with E-state index in [-0.39, 0.29) is 12.3 Å². The van der Waals surface area contributed by atoms with Gasteiger partial charge in [0.05, 0.1) is 0 Å². The lowest BCUT2D eigenvalue weighted by Crippen LogP contribution is -2.47. The lowest BCUT2D eigenvalue weighted by Gasteiger charge is -2.25. The van der Waals surface area contributed by atoms with Gasteiger partial charge in [0.2, 0.25) is 0 Å². The topological polar surface area (TPSA) is 95.9 Å². The zero-order valence-electron chi connectivity index (χ0n) is 18.3. The van der Waals surface area contributed by atoms with Gasteiger partial charge in [-0.05, 0) is 61.9 Å². The first-order valence-corrected chi connectivity index (χ1v) is 10.1. The molecule has 0 saturated carbocycles. The number of aryl methyl sites for hydroxylation is 2. The van der Waals surface area contributed by atoms with Crippen LogP contribution in [0.15, 0.2) is 48.5 Å². The lowest BCUT2D eigenvalue weighted by molar-refractivity contribution is -0.137. The standard InChI is InChI=1S/C23H29NO4.CH4O/c1-4-17-8-10-18(11-9-17)14-15-24-22(27)23(2,3)28-20-7-5-6-19(16-20)12-13-21(25)26;1-2/h5-11,16H,4,12-15H2,1-3H3,(H,24,27)(H,25,26);2H,1H3. The van der Waals surface area contributed by atoms with Crippen molar-refractivity contribution >= 4 is 11.9 Å². The average molecular weight is 416 g/mol. The van der Waals surface area contributed by atoms with E-state index in [1.807, 2.05) is 6.07 Å². The predicted molar refractivity (Wildman–Crippen MR) is 118 cm³/mol. The molecule has 3 N–H and O–H groups in total. The molecule has 0 aliphatic rings. The van der Waals surface area contributed by atoms with Crippen LogP contribution in [0.4, 0.5) is 0 Å². The van der Waals surface area contributed by atoms with Gasteiger partial charge in [0.15, 0.2) is 5.60 Å². The van der Waals surface area contributed by atoms with E-state index in [0.717, 1.165) is 25.5 Å². The quantitative estimate of drug-likeness (QED) is 0.553. The highest BCUT2D eigenvalue weighted by Crippen LogP contribution is 2.21. The number of rotatable bonds is 10. The molecule has 0 heterocycles. The molecule has 2 aromatic carbocycles. The molecule has 2 aromatic rings. The number of amides is 1. The van der Waals surface area contributed by atoms with Crippen molar-refractivity contribution in [2.75, 3.05) is 13.7 Å². The van der Waals surface area contributed by atoms with Gasteiger partial charge in [-0.2, -0.15) is 0 Å². The Labute approximate surface area is 178 Å². The summed E-state index contributed by atoms with van der Waals surface area (Å²) in [6, 6.07) is 15.6. The van der Waals surface area contributed by atoms with Crippen molar-refractivity contribution in [3.8, 4) is 5.75 Å². The monoisotopic (exact) mass is 415 g/mol. The van der Waals surface area contributed by atoms with Crippen molar-refractivity contribution in [3.05, 3.63) is 65.2 Å². The molecule has 0 unspecified atom stereocenters. The molecule has 0 fully saturated rings. The van der Waals surface area contributed by atoms with Gasteiger partial charge in [0.1, 0.15) is 5.75 Å². The summed E-state index contributed by atoms with van der Waals surface area (Å²) in [6.07, 6.45) is 2.26. The van der Waals surface area contributed by atoms with Crippen LogP contribution in [0.25, 0.3) is 0 Å². The van der Waals surface area contributed by atoms with Gasteiger partial charge in [0, 0.05) is 20.1 Å².